The Morgan fingerprint density at radius 3 is 2.74 bits per heavy atom. The number of benzene rings is 1. The van der Waals surface area contributed by atoms with Crippen molar-refractivity contribution >= 4 is 5.96 Å². The number of nitrogens with one attached hydrogen (secondary N) is 2. The molecule has 0 radical (unpaired) electrons. The summed E-state index contributed by atoms with van der Waals surface area (Å²) in [6.45, 7) is 4.35. The minimum atomic E-state index is 0.594. The summed E-state index contributed by atoms with van der Waals surface area (Å²) in [7, 11) is 1.80. The first kappa shape index (κ1) is 13.9. The zero-order valence-corrected chi connectivity index (χ0v) is 11.7. The van der Waals surface area contributed by atoms with Gasteiger partial charge in [0.15, 0.2) is 5.96 Å². The van der Waals surface area contributed by atoms with Crippen LogP contribution < -0.4 is 10.6 Å². The van der Waals surface area contributed by atoms with Crippen LogP contribution in [0.25, 0.3) is 0 Å². The smallest absolute Gasteiger partial charge is 0.191 e. The predicted octanol–water partition coefficient (Wildman–Crippen LogP) is 1.78. The minimum Gasteiger partial charge on any atom is -0.375 e. The average molecular weight is 261 g/mol. The number of rotatable bonds is 6. The lowest BCUT2D eigenvalue weighted by Crippen LogP contribution is -2.40. The van der Waals surface area contributed by atoms with Gasteiger partial charge in [0.05, 0.1) is 13.2 Å². The number of aliphatic imine (C=N–C) groups is 1. The molecule has 0 saturated heterocycles. The average Bonchev–Trinajstić information content (AvgIpc) is 3.13. The molecule has 0 heterocycles. The molecule has 0 bridgehead atoms. The molecule has 2 N–H and O–H groups in total. The number of ether oxygens (including phenoxy) is 1. The Balaban J connectivity index is 1.56. The van der Waals surface area contributed by atoms with Crippen molar-refractivity contribution in [2.75, 3.05) is 20.2 Å². The van der Waals surface area contributed by atoms with Crippen LogP contribution in [0.1, 0.15) is 18.9 Å². The van der Waals surface area contributed by atoms with Crippen molar-refractivity contribution in [3.05, 3.63) is 35.9 Å². The summed E-state index contributed by atoms with van der Waals surface area (Å²) >= 11 is 0. The normalized spacial score (nSPS) is 22.1. The molecular weight excluding hydrogens is 238 g/mol. The SMILES string of the molecule is CN=C(NCCOCc1ccccc1)NC1CC1C. The first-order valence-corrected chi connectivity index (χ1v) is 6.88. The third-order valence-corrected chi connectivity index (χ3v) is 3.31. The van der Waals surface area contributed by atoms with Gasteiger partial charge in [-0.25, -0.2) is 0 Å². The largest absolute Gasteiger partial charge is 0.375 e. The Bertz CT molecular complexity index is 405. The molecule has 0 amide bonds. The van der Waals surface area contributed by atoms with Gasteiger partial charge in [0, 0.05) is 19.6 Å². The van der Waals surface area contributed by atoms with E-state index in [-0.39, 0.29) is 0 Å². The number of hydrogen-bond donors (Lipinski definition) is 2. The predicted molar refractivity (Wildman–Crippen MR) is 78.2 cm³/mol. The Morgan fingerprint density at radius 1 is 1.37 bits per heavy atom. The van der Waals surface area contributed by atoms with Crippen LogP contribution in [-0.2, 0) is 11.3 Å². The number of guanidine groups is 1. The van der Waals surface area contributed by atoms with Gasteiger partial charge in [-0.05, 0) is 17.9 Å². The first-order valence-electron chi connectivity index (χ1n) is 6.88. The van der Waals surface area contributed by atoms with Crippen LogP contribution >= 0.6 is 0 Å². The Hall–Kier alpha value is -1.55. The van der Waals surface area contributed by atoms with E-state index >= 15 is 0 Å². The fourth-order valence-corrected chi connectivity index (χ4v) is 1.90. The van der Waals surface area contributed by atoms with Gasteiger partial charge in [0.25, 0.3) is 0 Å². The molecule has 19 heavy (non-hydrogen) atoms. The standard InChI is InChI=1S/C15H23N3O/c1-12-10-14(12)18-15(16-2)17-8-9-19-11-13-6-4-3-5-7-13/h3-7,12,14H,8-11H2,1-2H3,(H2,16,17,18). The van der Waals surface area contributed by atoms with Crippen molar-refractivity contribution in [1.29, 1.82) is 0 Å². The van der Waals surface area contributed by atoms with Crippen molar-refractivity contribution in [2.24, 2.45) is 10.9 Å². The van der Waals surface area contributed by atoms with Gasteiger partial charge >= 0.3 is 0 Å². The highest BCUT2D eigenvalue weighted by Crippen LogP contribution is 2.28. The molecule has 1 aromatic rings. The molecule has 1 aliphatic carbocycles. The second kappa shape index (κ2) is 7.14. The van der Waals surface area contributed by atoms with Crippen molar-refractivity contribution in [1.82, 2.24) is 10.6 Å². The molecule has 4 nitrogen and oxygen atoms in total. The summed E-state index contributed by atoms with van der Waals surface area (Å²) < 4.78 is 5.61. The van der Waals surface area contributed by atoms with E-state index in [4.69, 9.17) is 4.74 Å². The van der Waals surface area contributed by atoms with E-state index in [0.29, 0.717) is 19.3 Å². The van der Waals surface area contributed by atoms with Crippen LogP contribution in [-0.4, -0.2) is 32.2 Å². The molecule has 1 aliphatic rings. The lowest BCUT2D eigenvalue weighted by Gasteiger charge is -2.11. The molecule has 1 fully saturated rings. The molecular formula is C15H23N3O. The summed E-state index contributed by atoms with van der Waals surface area (Å²) in [5, 5.41) is 6.64. The van der Waals surface area contributed by atoms with Crippen LogP contribution in [0.4, 0.5) is 0 Å². The molecule has 2 atom stereocenters. The van der Waals surface area contributed by atoms with E-state index in [1.807, 2.05) is 18.2 Å². The fourth-order valence-electron chi connectivity index (χ4n) is 1.90. The van der Waals surface area contributed by atoms with Crippen LogP contribution in [0.5, 0.6) is 0 Å². The van der Waals surface area contributed by atoms with E-state index in [1.54, 1.807) is 7.05 Å². The van der Waals surface area contributed by atoms with Gasteiger partial charge in [-0.1, -0.05) is 37.3 Å². The molecule has 0 spiro atoms. The minimum absolute atomic E-state index is 0.594. The lowest BCUT2D eigenvalue weighted by molar-refractivity contribution is 0.125. The van der Waals surface area contributed by atoms with Crippen molar-refractivity contribution in [3.63, 3.8) is 0 Å². The van der Waals surface area contributed by atoms with E-state index in [1.165, 1.54) is 12.0 Å². The number of hydrogen-bond acceptors (Lipinski definition) is 2. The third-order valence-electron chi connectivity index (χ3n) is 3.31. The second-order valence-electron chi connectivity index (χ2n) is 5.00. The molecule has 104 valence electrons. The van der Waals surface area contributed by atoms with Crippen LogP contribution in [0, 0.1) is 5.92 Å². The van der Waals surface area contributed by atoms with Crippen LogP contribution in [0.15, 0.2) is 35.3 Å². The maximum atomic E-state index is 5.61. The molecule has 2 rings (SSSR count). The van der Waals surface area contributed by atoms with Crippen molar-refractivity contribution in [2.45, 2.75) is 26.0 Å². The van der Waals surface area contributed by atoms with E-state index in [0.717, 1.165) is 18.4 Å². The summed E-state index contributed by atoms with van der Waals surface area (Å²) in [6, 6.07) is 10.8. The second-order valence-corrected chi connectivity index (χ2v) is 5.00. The van der Waals surface area contributed by atoms with Gasteiger partial charge in [0.1, 0.15) is 0 Å². The van der Waals surface area contributed by atoms with Gasteiger partial charge in [-0.2, -0.15) is 0 Å². The van der Waals surface area contributed by atoms with Crippen molar-refractivity contribution < 1.29 is 4.74 Å². The first-order chi connectivity index (χ1) is 9.29. The molecule has 4 heteroatoms. The molecule has 0 aliphatic heterocycles. The zero-order chi connectivity index (χ0) is 13.5. The van der Waals surface area contributed by atoms with Gasteiger partial charge < -0.3 is 15.4 Å². The Morgan fingerprint density at radius 2 is 2.11 bits per heavy atom. The highest BCUT2D eigenvalue weighted by Gasteiger charge is 2.33. The van der Waals surface area contributed by atoms with E-state index < -0.39 is 0 Å². The highest BCUT2D eigenvalue weighted by molar-refractivity contribution is 5.80. The summed E-state index contributed by atoms with van der Waals surface area (Å²) in [4.78, 5) is 4.20. The molecule has 1 saturated carbocycles. The maximum Gasteiger partial charge on any atom is 0.191 e. The zero-order valence-electron chi connectivity index (χ0n) is 11.7. The van der Waals surface area contributed by atoms with Gasteiger partial charge in [0.2, 0.25) is 0 Å². The fraction of sp³-hybridized carbons (Fsp3) is 0.533. The Labute approximate surface area is 115 Å². The summed E-state index contributed by atoms with van der Waals surface area (Å²) in [5.41, 5.74) is 1.21. The molecule has 2 unspecified atom stereocenters. The maximum absolute atomic E-state index is 5.61. The summed E-state index contributed by atoms with van der Waals surface area (Å²) in [6.07, 6.45) is 1.24. The van der Waals surface area contributed by atoms with Gasteiger partial charge in [-0.15, -0.1) is 0 Å². The molecule has 1 aromatic carbocycles. The number of nitrogens with zero attached hydrogens (tertiary/aromatic N) is 1. The summed E-state index contributed by atoms with van der Waals surface area (Å²) in [5.74, 6) is 1.64. The van der Waals surface area contributed by atoms with Crippen LogP contribution in [0.2, 0.25) is 0 Å². The lowest BCUT2D eigenvalue weighted by atomic mass is 10.2. The quantitative estimate of drug-likeness (QED) is 0.466. The monoisotopic (exact) mass is 261 g/mol. The Kier molecular flexibility index (Phi) is 5.21. The third kappa shape index (κ3) is 4.91. The van der Waals surface area contributed by atoms with Gasteiger partial charge in [-0.3, -0.25) is 4.99 Å². The topological polar surface area (TPSA) is 45.7 Å². The molecule has 0 aromatic heterocycles. The van der Waals surface area contributed by atoms with Crippen molar-refractivity contribution in [3.8, 4) is 0 Å². The highest BCUT2D eigenvalue weighted by atomic mass is 16.5. The van der Waals surface area contributed by atoms with Crippen LogP contribution in [0.3, 0.4) is 0 Å². The van der Waals surface area contributed by atoms with E-state index in [9.17, 15) is 0 Å². The van der Waals surface area contributed by atoms with E-state index in [2.05, 4.69) is 34.7 Å².